The van der Waals surface area contributed by atoms with Gasteiger partial charge in [-0.05, 0) is 44.9 Å². The maximum Gasteiger partial charge on any atom is 0.472 e. The molecule has 0 spiro atoms. The van der Waals surface area contributed by atoms with E-state index in [1.165, 1.54) is 122 Å². The summed E-state index contributed by atoms with van der Waals surface area (Å²) in [6.07, 6.45) is 38.2. The summed E-state index contributed by atoms with van der Waals surface area (Å²) >= 11 is 0. The number of carbonyl (C=O) groups excluding carboxylic acids is 1. The molecular formula is C41H82N2O6P+. The number of unbranched alkanes of at least 4 members (excludes halogenated alkanes) is 22. The molecule has 50 heavy (non-hydrogen) atoms. The molecule has 0 bridgehead atoms. The Morgan fingerprint density at radius 1 is 0.660 bits per heavy atom. The number of quaternary nitrogens is 1. The monoisotopic (exact) mass is 730 g/mol. The van der Waals surface area contributed by atoms with Crippen molar-refractivity contribution in [3.8, 4) is 0 Å². The lowest BCUT2D eigenvalue weighted by molar-refractivity contribution is -0.870. The van der Waals surface area contributed by atoms with E-state index in [-0.39, 0.29) is 19.1 Å². The lowest BCUT2D eigenvalue weighted by Gasteiger charge is -2.25. The average Bonchev–Trinajstić information content (AvgIpc) is 3.06. The second kappa shape index (κ2) is 33.8. The molecule has 0 heterocycles. The Hall–Kier alpha value is -1.02. The minimum Gasteiger partial charge on any atom is -0.387 e. The van der Waals surface area contributed by atoms with E-state index in [1.54, 1.807) is 6.08 Å². The number of aliphatic hydroxyl groups excluding tert-OH is 1. The van der Waals surface area contributed by atoms with Crippen LogP contribution in [-0.2, 0) is 18.4 Å². The van der Waals surface area contributed by atoms with Gasteiger partial charge in [-0.2, -0.15) is 0 Å². The molecule has 0 aliphatic carbocycles. The lowest BCUT2D eigenvalue weighted by Crippen LogP contribution is -2.45. The third kappa shape index (κ3) is 35.4. The molecule has 0 saturated carbocycles. The third-order valence-corrected chi connectivity index (χ3v) is 10.1. The number of hydrogen-bond acceptors (Lipinski definition) is 5. The molecule has 0 aromatic heterocycles. The Morgan fingerprint density at radius 3 is 1.54 bits per heavy atom. The van der Waals surface area contributed by atoms with Crippen molar-refractivity contribution in [1.29, 1.82) is 0 Å². The van der Waals surface area contributed by atoms with Gasteiger partial charge in [0.25, 0.3) is 0 Å². The van der Waals surface area contributed by atoms with Crippen LogP contribution in [0.5, 0.6) is 0 Å². The number of nitrogens with one attached hydrogen (secondary N) is 1. The lowest BCUT2D eigenvalue weighted by atomic mass is 10.0. The summed E-state index contributed by atoms with van der Waals surface area (Å²) in [7, 11) is 1.57. The van der Waals surface area contributed by atoms with Crippen LogP contribution in [0, 0.1) is 0 Å². The first-order valence-corrected chi connectivity index (χ1v) is 22.2. The van der Waals surface area contributed by atoms with Crippen molar-refractivity contribution in [3.05, 3.63) is 24.3 Å². The largest absolute Gasteiger partial charge is 0.472 e. The van der Waals surface area contributed by atoms with Crippen LogP contribution in [0.2, 0.25) is 0 Å². The van der Waals surface area contributed by atoms with Gasteiger partial charge in [0.1, 0.15) is 13.2 Å². The Balaban J connectivity index is 4.33. The highest BCUT2D eigenvalue weighted by molar-refractivity contribution is 7.47. The van der Waals surface area contributed by atoms with E-state index in [4.69, 9.17) is 9.05 Å². The van der Waals surface area contributed by atoms with E-state index in [0.717, 1.165) is 38.5 Å². The van der Waals surface area contributed by atoms with Crippen LogP contribution in [0.1, 0.15) is 181 Å². The van der Waals surface area contributed by atoms with E-state index < -0.39 is 20.0 Å². The summed E-state index contributed by atoms with van der Waals surface area (Å²) in [6.45, 7) is 4.77. The van der Waals surface area contributed by atoms with E-state index >= 15 is 0 Å². The number of nitrogens with zero attached hydrogens (tertiary/aromatic N) is 1. The highest BCUT2D eigenvalue weighted by Crippen LogP contribution is 2.43. The smallest absolute Gasteiger partial charge is 0.387 e. The van der Waals surface area contributed by atoms with Crippen molar-refractivity contribution in [2.75, 3.05) is 40.9 Å². The van der Waals surface area contributed by atoms with Crippen molar-refractivity contribution in [2.24, 2.45) is 0 Å². The van der Waals surface area contributed by atoms with E-state index in [2.05, 4.69) is 31.3 Å². The van der Waals surface area contributed by atoms with Gasteiger partial charge < -0.3 is 19.8 Å². The first-order chi connectivity index (χ1) is 24.0. The molecular weight excluding hydrogens is 647 g/mol. The van der Waals surface area contributed by atoms with Crippen LogP contribution >= 0.6 is 7.82 Å². The fourth-order valence-electron chi connectivity index (χ4n) is 5.80. The first kappa shape index (κ1) is 49.0. The molecule has 0 aliphatic rings. The predicted molar refractivity (Wildman–Crippen MR) is 212 cm³/mol. The van der Waals surface area contributed by atoms with E-state index in [1.807, 2.05) is 27.2 Å². The van der Waals surface area contributed by atoms with Crippen LogP contribution in [0.4, 0.5) is 0 Å². The van der Waals surface area contributed by atoms with Gasteiger partial charge in [0, 0.05) is 6.42 Å². The SMILES string of the molecule is CCCCCCCC/C=C/CCCCCCCCCCCC(=O)N[C@@H](COP(=O)(O)OCC[N+](C)(C)C)[C@H](O)/C=C/CCCCCCCCC. The van der Waals surface area contributed by atoms with Gasteiger partial charge in [-0.3, -0.25) is 13.8 Å². The highest BCUT2D eigenvalue weighted by atomic mass is 31.2. The molecule has 1 unspecified atom stereocenters. The zero-order valence-electron chi connectivity index (χ0n) is 33.4. The number of likely N-dealkylation sites (N-methyl/N-ethyl adjacent to an activating group) is 1. The van der Waals surface area contributed by atoms with Crippen molar-refractivity contribution in [1.82, 2.24) is 5.32 Å². The Kier molecular flexibility index (Phi) is 33.1. The summed E-state index contributed by atoms with van der Waals surface area (Å²) in [5, 5.41) is 13.7. The molecule has 9 heteroatoms. The minimum atomic E-state index is -4.33. The maximum absolute atomic E-state index is 12.8. The fraction of sp³-hybridized carbons (Fsp3) is 0.878. The number of rotatable bonds is 37. The molecule has 1 amide bonds. The first-order valence-electron chi connectivity index (χ1n) is 20.7. The number of hydrogen-bond donors (Lipinski definition) is 3. The Bertz CT molecular complexity index is 876. The molecule has 0 fully saturated rings. The number of allylic oxidation sites excluding steroid dienone is 3. The van der Waals surface area contributed by atoms with Gasteiger partial charge in [0.15, 0.2) is 0 Å². The van der Waals surface area contributed by atoms with Gasteiger partial charge >= 0.3 is 7.82 Å². The summed E-state index contributed by atoms with van der Waals surface area (Å²) in [4.78, 5) is 23.0. The summed E-state index contributed by atoms with van der Waals surface area (Å²) in [6, 6.07) is -0.842. The predicted octanol–water partition coefficient (Wildman–Crippen LogP) is 11.0. The Labute approximate surface area is 309 Å². The number of amides is 1. The minimum absolute atomic E-state index is 0.0617. The summed E-state index contributed by atoms with van der Waals surface area (Å²) in [5.41, 5.74) is 0. The third-order valence-electron chi connectivity index (χ3n) is 9.17. The average molecular weight is 730 g/mol. The zero-order valence-corrected chi connectivity index (χ0v) is 34.3. The van der Waals surface area contributed by atoms with Gasteiger partial charge in [-0.25, -0.2) is 4.57 Å². The van der Waals surface area contributed by atoms with Gasteiger partial charge in [0.2, 0.25) is 5.91 Å². The summed E-state index contributed by atoms with van der Waals surface area (Å²) < 4.78 is 23.4. The van der Waals surface area contributed by atoms with E-state index in [9.17, 15) is 19.4 Å². The standard InChI is InChI=1S/C41H81N2O6P/c1-6-8-10-12-14-16-17-18-19-20-21-22-23-24-25-27-29-31-33-35-41(45)42-39(38-49-50(46,47)48-37-36-43(3,4)5)40(44)34-32-30-28-26-15-13-11-9-7-2/h18-19,32,34,39-40,44H,6-17,20-31,33,35-38H2,1-5H3,(H-,42,45,46,47)/p+1/b19-18+,34-32+/t39-,40+/m0/s1. The molecule has 296 valence electrons. The van der Waals surface area contributed by atoms with Crippen LogP contribution in [-0.4, -0.2) is 73.4 Å². The normalized spacial score (nSPS) is 14.8. The number of phosphoric acid groups is 1. The van der Waals surface area contributed by atoms with Gasteiger partial charge in [0.05, 0.1) is 39.9 Å². The quantitative estimate of drug-likeness (QED) is 0.0254. The van der Waals surface area contributed by atoms with Crippen LogP contribution < -0.4 is 5.32 Å². The molecule has 3 N–H and O–H groups in total. The molecule has 0 radical (unpaired) electrons. The number of aliphatic hydroxyl groups is 1. The maximum atomic E-state index is 12.8. The van der Waals surface area contributed by atoms with Crippen LogP contribution in [0.3, 0.4) is 0 Å². The van der Waals surface area contributed by atoms with Crippen molar-refractivity contribution < 1.29 is 32.9 Å². The van der Waals surface area contributed by atoms with Crippen LogP contribution in [0.15, 0.2) is 24.3 Å². The summed E-state index contributed by atoms with van der Waals surface area (Å²) in [5.74, 6) is -0.183. The highest BCUT2D eigenvalue weighted by Gasteiger charge is 2.27. The van der Waals surface area contributed by atoms with Crippen molar-refractivity contribution in [3.63, 3.8) is 0 Å². The van der Waals surface area contributed by atoms with Gasteiger partial charge in [-0.15, -0.1) is 0 Å². The second-order valence-corrected chi connectivity index (χ2v) is 16.8. The van der Waals surface area contributed by atoms with Crippen molar-refractivity contribution in [2.45, 2.75) is 193 Å². The molecule has 0 aliphatic heterocycles. The topological polar surface area (TPSA) is 105 Å². The number of carbonyl (C=O) groups is 1. The molecule has 3 atom stereocenters. The van der Waals surface area contributed by atoms with Crippen LogP contribution in [0.25, 0.3) is 0 Å². The fourth-order valence-corrected chi connectivity index (χ4v) is 6.53. The molecule has 8 nitrogen and oxygen atoms in total. The molecule has 0 aromatic rings. The zero-order chi connectivity index (χ0) is 37.2. The number of phosphoric ester groups is 1. The molecule has 0 aromatic carbocycles. The van der Waals surface area contributed by atoms with E-state index in [0.29, 0.717) is 17.4 Å². The molecule has 0 saturated heterocycles. The Morgan fingerprint density at radius 2 is 1.08 bits per heavy atom. The van der Waals surface area contributed by atoms with Gasteiger partial charge in [-0.1, -0.05) is 154 Å². The molecule has 0 rings (SSSR count). The van der Waals surface area contributed by atoms with Crippen molar-refractivity contribution >= 4 is 13.7 Å². The second-order valence-electron chi connectivity index (χ2n) is 15.4.